The molecule has 0 saturated carbocycles. The van der Waals surface area contributed by atoms with Crippen molar-refractivity contribution in [2.75, 3.05) is 20.8 Å². The van der Waals surface area contributed by atoms with E-state index in [1.807, 2.05) is 30.3 Å². The van der Waals surface area contributed by atoms with E-state index in [9.17, 15) is 13.6 Å². The third-order valence-electron chi connectivity index (χ3n) is 4.81. The van der Waals surface area contributed by atoms with Gasteiger partial charge in [-0.15, -0.1) is 0 Å². The Labute approximate surface area is 191 Å². The van der Waals surface area contributed by atoms with Gasteiger partial charge in [-0.1, -0.05) is 36.4 Å². The number of hydrogen-bond acceptors (Lipinski definition) is 5. The van der Waals surface area contributed by atoms with Crippen LogP contribution in [-0.2, 0) is 13.0 Å². The SMILES string of the molecule is COc1cc(C(=O)NCCc2ccc(OC)c(OC(F)F)c2)ccc1OCc1ccccc1. The van der Waals surface area contributed by atoms with E-state index in [0.29, 0.717) is 42.2 Å². The molecule has 0 bridgehead atoms. The van der Waals surface area contributed by atoms with Crippen LogP contribution in [0.3, 0.4) is 0 Å². The summed E-state index contributed by atoms with van der Waals surface area (Å²) < 4.78 is 45.9. The number of halogens is 2. The molecular formula is C25H25F2NO5. The standard InChI is InChI=1S/C25H25F2NO5/c1-30-20-10-8-17(14-23(20)33-25(26)27)12-13-28-24(29)19-9-11-21(22(15-19)31-2)32-16-18-6-4-3-5-7-18/h3-11,14-15,25H,12-13,16H2,1-2H3,(H,28,29). The van der Waals surface area contributed by atoms with Crippen molar-refractivity contribution >= 4 is 5.91 Å². The molecule has 8 heteroatoms. The number of nitrogens with one attached hydrogen (secondary N) is 1. The summed E-state index contributed by atoms with van der Waals surface area (Å²) >= 11 is 0. The Bertz CT molecular complexity index is 1060. The highest BCUT2D eigenvalue weighted by atomic mass is 19.3. The fourth-order valence-corrected chi connectivity index (χ4v) is 3.15. The molecule has 3 rings (SSSR count). The summed E-state index contributed by atoms with van der Waals surface area (Å²) in [7, 11) is 2.88. The number of methoxy groups -OCH3 is 2. The lowest BCUT2D eigenvalue weighted by molar-refractivity contribution is -0.0512. The van der Waals surface area contributed by atoms with Crippen LogP contribution in [0.5, 0.6) is 23.0 Å². The molecule has 0 spiro atoms. The van der Waals surface area contributed by atoms with Gasteiger partial charge in [-0.25, -0.2) is 0 Å². The van der Waals surface area contributed by atoms with Crippen molar-refractivity contribution in [1.29, 1.82) is 0 Å². The average Bonchev–Trinajstić information content (AvgIpc) is 2.83. The van der Waals surface area contributed by atoms with E-state index < -0.39 is 6.61 Å². The molecule has 3 aromatic carbocycles. The minimum Gasteiger partial charge on any atom is -0.493 e. The predicted molar refractivity (Wildman–Crippen MR) is 119 cm³/mol. The fourth-order valence-electron chi connectivity index (χ4n) is 3.15. The van der Waals surface area contributed by atoms with Crippen molar-refractivity contribution < 1.29 is 32.5 Å². The Morgan fingerprint density at radius 3 is 2.27 bits per heavy atom. The van der Waals surface area contributed by atoms with Crippen LogP contribution in [-0.4, -0.2) is 33.3 Å². The normalized spacial score (nSPS) is 10.6. The van der Waals surface area contributed by atoms with E-state index in [1.165, 1.54) is 20.3 Å². The van der Waals surface area contributed by atoms with Crippen LogP contribution in [0.1, 0.15) is 21.5 Å². The minimum absolute atomic E-state index is 0.0489. The molecule has 0 aliphatic rings. The first-order chi connectivity index (χ1) is 16.0. The van der Waals surface area contributed by atoms with Gasteiger partial charge in [-0.05, 0) is 47.9 Å². The summed E-state index contributed by atoms with van der Waals surface area (Å²) in [6.07, 6.45) is 0.421. The second-order valence-electron chi connectivity index (χ2n) is 7.01. The lowest BCUT2D eigenvalue weighted by atomic mass is 10.1. The van der Waals surface area contributed by atoms with Gasteiger partial charge in [0.1, 0.15) is 6.61 Å². The molecule has 0 radical (unpaired) electrons. The smallest absolute Gasteiger partial charge is 0.387 e. The number of rotatable bonds is 11. The van der Waals surface area contributed by atoms with Crippen LogP contribution >= 0.6 is 0 Å². The van der Waals surface area contributed by atoms with Gasteiger partial charge in [0.2, 0.25) is 0 Å². The van der Waals surface area contributed by atoms with Gasteiger partial charge >= 0.3 is 6.61 Å². The molecule has 0 atom stereocenters. The number of amides is 1. The monoisotopic (exact) mass is 457 g/mol. The molecule has 0 saturated heterocycles. The first-order valence-corrected chi connectivity index (χ1v) is 10.2. The van der Waals surface area contributed by atoms with Crippen molar-refractivity contribution in [3.63, 3.8) is 0 Å². The maximum atomic E-state index is 12.6. The third-order valence-corrected chi connectivity index (χ3v) is 4.81. The molecule has 0 fully saturated rings. The maximum absolute atomic E-state index is 12.6. The van der Waals surface area contributed by atoms with Crippen LogP contribution in [0.15, 0.2) is 66.7 Å². The summed E-state index contributed by atoms with van der Waals surface area (Å²) in [4.78, 5) is 12.6. The fraction of sp³-hybridized carbons (Fsp3) is 0.240. The molecule has 174 valence electrons. The molecule has 1 N–H and O–H groups in total. The molecule has 0 aliphatic carbocycles. The van der Waals surface area contributed by atoms with Crippen LogP contribution in [0, 0.1) is 0 Å². The number of carbonyl (C=O) groups is 1. The van der Waals surface area contributed by atoms with Crippen molar-refractivity contribution in [3.8, 4) is 23.0 Å². The number of alkyl halides is 2. The number of carbonyl (C=O) groups excluding carboxylic acids is 1. The first kappa shape index (κ1) is 23.8. The van der Waals surface area contributed by atoms with Crippen LogP contribution < -0.4 is 24.3 Å². The molecular weight excluding hydrogens is 432 g/mol. The second-order valence-corrected chi connectivity index (χ2v) is 7.01. The summed E-state index contributed by atoms with van der Waals surface area (Å²) in [5.74, 6) is 0.850. The predicted octanol–water partition coefficient (Wildman–Crippen LogP) is 4.86. The summed E-state index contributed by atoms with van der Waals surface area (Å²) in [6, 6.07) is 19.4. The number of ether oxygens (including phenoxy) is 4. The third kappa shape index (κ3) is 6.83. The highest BCUT2D eigenvalue weighted by molar-refractivity contribution is 5.94. The zero-order valence-electron chi connectivity index (χ0n) is 18.3. The Morgan fingerprint density at radius 1 is 0.848 bits per heavy atom. The summed E-state index contributed by atoms with van der Waals surface area (Å²) in [6.45, 7) is -2.28. The quantitative estimate of drug-likeness (QED) is 0.446. The zero-order chi connectivity index (χ0) is 23.6. The molecule has 0 heterocycles. The van der Waals surface area contributed by atoms with E-state index in [0.717, 1.165) is 5.56 Å². The Morgan fingerprint density at radius 2 is 1.58 bits per heavy atom. The minimum atomic E-state index is -2.96. The van der Waals surface area contributed by atoms with Gasteiger partial charge < -0.3 is 24.3 Å². The lowest BCUT2D eigenvalue weighted by Gasteiger charge is -2.13. The van der Waals surface area contributed by atoms with Crippen molar-refractivity contribution in [2.24, 2.45) is 0 Å². The van der Waals surface area contributed by atoms with E-state index in [-0.39, 0.29) is 17.4 Å². The van der Waals surface area contributed by atoms with E-state index in [4.69, 9.17) is 14.2 Å². The molecule has 1 amide bonds. The van der Waals surface area contributed by atoms with Crippen LogP contribution in [0.4, 0.5) is 8.78 Å². The van der Waals surface area contributed by atoms with Crippen LogP contribution in [0.2, 0.25) is 0 Å². The highest BCUT2D eigenvalue weighted by Gasteiger charge is 2.13. The van der Waals surface area contributed by atoms with Gasteiger partial charge in [0.05, 0.1) is 14.2 Å². The molecule has 0 aliphatic heterocycles. The van der Waals surface area contributed by atoms with Crippen molar-refractivity contribution in [2.45, 2.75) is 19.6 Å². The summed E-state index contributed by atoms with van der Waals surface area (Å²) in [5.41, 5.74) is 2.14. The zero-order valence-corrected chi connectivity index (χ0v) is 18.3. The first-order valence-electron chi connectivity index (χ1n) is 10.2. The van der Waals surface area contributed by atoms with Crippen LogP contribution in [0.25, 0.3) is 0 Å². The Kier molecular flexibility index (Phi) is 8.46. The number of hydrogen-bond donors (Lipinski definition) is 1. The molecule has 0 aromatic heterocycles. The van der Waals surface area contributed by atoms with Gasteiger partial charge in [-0.3, -0.25) is 4.79 Å². The molecule has 3 aromatic rings. The van der Waals surface area contributed by atoms with Gasteiger partial charge in [0.15, 0.2) is 23.0 Å². The lowest BCUT2D eigenvalue weighted by Crippen LogP contribution is -2.25. The van der Waals surface area contributed by atoms with Gasteiger partial charge in [0, 0.05) is 12.1 Å². The Balaban J connectivity index is 1.58. The van der Waals surface area contributed by atoms with E-state index >= 15 is 0 Å². The maximum Gasteiger partial charge on any atom is 0.387 e. The number of benzene rings is 3. The molecule has 6 nitrogen and oxygen atoms in total. The van der Waals surface area contributed by atoms with E-state index in [2.05, 4.69) is 10.1 Å². The van der Waals surface area contributed by atoms with Crippen molar-refractivity contribution in [3.05, 3.63) is 83.4 Å². The summed E-state index contributed by atoms with van der Waals surface area (Å²) in [5, 5.41) is 2.81. The topological polar surface area (TPSA) is 66.0 Å². The average molecular weight is 457 g/mol. The molecule has 33 heavy (non-hydrogen) atoms. The van der Waals surface area contributed by atoms with Gasteiger partial charge in [-0.2, -0.15) is 8.78 Å². The second kappa shape index (κ2) is 11.7. The van der Waals surface area contributed by atoms with Gasteiger partial charge in [0.25, 0.3) is 5.91 Å². The highest BCUT2D eigenvalue weighted by Crippen LogP contribution is 2.30. The molecule has 0 unspecified atom stereocenters. The largest absolute Gasteiger partial charge is 0.493 e. The van der Waals surface area contributed by atoms with Crippen molar-refractivity contribution in [1.82, 2.24) is 5.32 Å². The Hall–Kier alpha value is -3.81. The van der Waals surface area contributed by atoms with E-state index in [1.54, 1.807) is 30.3 Å².